The van der Waals surface area contributed by atoms with Crippen molar-refractivity contribution < 1.29 is 9.59 Å². The van der Waals surface area contributed by atoms with Gasteiger partial charge >= 0.3 is 0 Å². The summed E-state index contributed by atoms with van der Waals surface area (Å²) in [5.41, 5.74) is 7.97. The minimum Gasteiger partial charge on any atom is -0.342 e. The molecule has 3 rings (SSSR count). The third-order valence-corrected chi connectivity index (χ3v) is 6.02. The Balaban J connectivity index is 1.71. The van der Waals surface area contributed by atoms with Gasteiger partial charge in [0, 0.05) is 44.8 Å². The van der Waals surface area contributed by atoms with Crippen LogP contribution in [0.1, 0.15) is 49.8 Å². The molecule has 2 N–H and O–H groups in total. The molecule has 0 aliphatic carbocycles. The zero-order chi connectivity index (χ0) is 18.7. The highest BCUT2D eigenvalue weighted by Gasteiger charge is 2.49. The van der Waals surface area contributed by atoms with Crippen LogP contribution in [-0.2, 0) is 9.59 Å². The van der Waals surface area contributed by atoms with Gasteiger partial charge in [-0.1, -0.05) is 30.7 Å². The quantitative estimate of drug-likeness (QED) is 0.796. The maximum Gasteiger partial charge on any atom is 0.222 e. The molecule has 0 saturated carbocycles. The second-order valence-corrected chi connectivity index (χ2v) is 7.79. The number of amides is 2. The molecule has 5 heteroatoms. The molecule has 2 saturated heterocycles. The van der Waals surface area contributed by atoms with Gasteiger partial charge in [-0.3, -0.25) is 9.59 Å². The number of nitrogens with zero attached hydrogens (tertiary/aromatic N) is 2. The van der Waals surface area contributed by atoms with Crippen molar-refractivity contribution in [1.82, 2.24) is 9.80 Å². The monoisotopic (exact) mass is 357 g/mol. The topological polar surface area (TPSA) is 66.6 Å². The number of likely N-dealkylation sites (tertiary alicyclic amines) is 2. The molecule has 0 radical (unpaired) electrons. The van der Waals surface area contributed by atoms with E-state index < -0.39 is 0 Å². The first kappa shape index (κ1) is 18.9. The molecule has 3 atom stereocenters. The Kier molecular flexibility index (Phi) is 5.97. The molecule has 0 unspecified atom stereocenters. The molecule has 0 bridgehead atoms. The fourth-order valence-electron chi connectivity index (χ4n) is 4.65. The lowest BCUT2D eigenvalue weighted by Gasteiger charge is -2.30. The smallest absolute Gasteiger partial charge is 0.222 e. The zero-order valence-electron chi connectivity index (χ0n) is 16.0. The molecule has 142 valence electrons. The summed E-state index contributed by atoms with van der Waals surface area (Å²) >= 11 is 0. The van der Waals surface area contributed by atoms with Crippen LogP contribution in [0.5, 0.6) is 0 Å². The van der Waals surface area contributed by atoms with E-state index in [1.807, 2.05) is 21.9 Å². The van der Waals surface area contributed by atoms with E-state index in [9.17, 15) is 9.59 Å². The molecular weight excluding hydrogens is 326 g/mol. The van der Waals surface area contributed by atoms with Gasteiger partial charge in [0.2, 0.25) is 11.8 Å². The Labute approximate surface area is 156 Å². The Morgan fingerprint density at radius 1 is 1.12 bits per heavy atom. The first-order valence-corrected chi connectivity index (χ1v) is 9.83. The molecule has 2 amide bonds. The molecule has 26 heavy (non-hydrogen) atoms. The molecule has 0 spiro atoms. The van der Waals surface area contributed by atoms with E-state index in [0.29, 0.717) is 24.8 Å². The zero-order valence-corrected chi connectivity index (χ0v) is 16.0. The van der Waals surface area contributed by atoms with E-state index in [4.69, 9.17) is 5.73 Å². The first-order chi connectivity index (χ1) is 12.5. The number of fused-ring (bicyclic) bond motifs is 1. The van der Waals surface area contributed by atoms with Crippen LogP contribution in [0.25, 0.3) is 0 Å². The number of nitrogens with two attached hydrogens (primary N) is 1. The minimum atomic E-state index is 0.0914. The van der Waals surface area contributed by atoms with Crippen molar-refractivity contribution >= 4 is 11.8 Å². The number of unbranched alkanes of at least 4 members (excludes halogenated alkanes) is 2. The largest absolute Gasteiger partial charge is 0.342 e. The normalized spacial score (nSPS) is 24.8. The summed E-state index contributed by atoms with van der Waals surface area (Å²) in [5, 5.41) is 0. The lowest BCUT2D eigenvalue weighted by atomic mass is 9.87. The predicted octanol–water partition coefficient (Wildman–Crippen LogP) is 2.49. The summed E-state index contributed by atoms with van der Waals surface area (Å²) < 4.78 is 0. The highest BCUT2D eigenvalue weighted by atomic mass is 16.2. The van der Waals surface area contributed by atoms with Crippen LogP contribution >= 0.6 is 0 Å². The molecule has 5 nitrogen and oxygen atoms in total. The van der Waals surface area contributed by atoms with Crippen LogP contribution in [0, 0.1) is 18.8 Å². The first-order valence-electron chi connectivity index (χ1n) is 9.83. The lowest BCUT2D eigenvalue weighted by molar-refractivity contribution is -0.131. The maximum atomic E-state index is 12.6. The highest BCUT2D eigenvalue weighted by Crippen LogP contribution is 2.45. The minimum absolute atomic E-state index is 0.0914. The average Bonchev–Trinajstić information content (AvgIpc) is 3.17. The third kappa shape index (κ3) is 3.78. The number of hydrogen-bond donors (Lipinski definition) is 1. The van der Waals surface area contributed by atoms with Crippen molar-refractivity contribution in [2.24, 2.45) is 17.6 Å². The Morgan fingerprint density at radius 3 is 2.58 bits per heavy atom. The SMILES string of the molecule is CC(=O)N1C[C@H]2CN(C(=O)CCCCCN)C[C@H]2[C@H]1c1ccccc1C. The Morgan fingerprint density at radius 2 is 1.88 bits per heavy atom. The van der Waals surface area contributed by atoms with Crippen molar-refractivity contribution in [2.45, 2.75) is 45.6 Å². The van der Waals surface area contributed by atoms with E-state index in [0.717, 1.165) is 38.9 Å². The lowest BCUT2D eigenvalue weighted by Crippen LogP contribution is -2.36. The van der Waals surface area contributed by atoms with E-state index in [1.54, 1.807) is 6.92 Å². The van der Waals surface area contributed by atoms with Gasteiger partial charge in [-0.05, 0) is 37.4 Å². The predicted molar refractivity (Wildman–Crippen MR) is 102 cm³/mol. The summed E-state index contributed by atoms with van der Waals surface area (Å²) in [6, 6.07) is 8.42. The van der Waals surface area contributed by atoms with Gasteiger partial charge < -0.3 is 15.5 Å². The highest BCUT2D eigenvalue weighted by molar-refractivity contribution is 5.77. The number of carbonyl (C=O) groups is 2. The average molecular weight is 357 g/mol. The van der Waals surface area contributed by atoms with Crippen molar-refractivity contribution in [3.8, 4) is 0 Å². The molecule has 0 aromatic heterocycles. The van der Waals surface area contributed by atoms with Gasteiger partial charge in [-0.15, -0.1) is 0 Å². The van der Waals surface area contributed by atoms with Gasteiger partial charge in [-0.25, -0.2) is 0 Å². The molecular formula is C21H31N3O2. The number of aryl methyl sites for hydroxylation is 1. The van der Waals surface area contributed by atoms with Crippen LogP contribution < -0.4 is 5.73 Å². The molecule has 1 aromatic carbocycles. The van der Waals surface area contributed by atoms with Gasteiger partial charge in [-0.2, -0.15) is 0 Å². The van der Waals surface area contributed by atoms with E-state index >= 15 is 0 Å². The van der Waals surface area contributed by atoms with E-state index in [-0.39, 0.29) is 17.9 Å². The van der Waals surface area contributed by atoms with E-state index in [1.165, 1.54) is 11.1 Å². The summed E-state index contributed by atoms with van der Waals surface area (Å²) in [7, 11) is 0. The molecule has 2 aliphatic rings. The summed E-state index contributed by atoms with van der Waals surface area (Å²) in [5.74, 6) is 1.12. The van der Waals surface area contributed by atoms with Crippen molar-refractivity contribution in [1.29, 1.82) is 0 Å². The third-order valence-electron chi connectivity index (χ3n) is 6.02. The number of hydrogen-bond acceptors (Lipinski definition) is 3. The second kappa shape index (κ2) is 8.21. The number of rotatable bonds is 6. The number of benzene rings is 1. The van der Waals surface area contributed by atoms with Gasteiger partial charge in [0.15, 0.2) is 0 Å². The fraction of sp³-hybridized carbons (Fsp3) is 0.619. The van der Waals surface area contributed by atoms with E-state index in [2.05, 4.69) is 19.1 Å². The van der Waals surface area contributed by atoms with Crippen LogP contribution in [0.2, 0.25) is 0 Å². The van der Waals surface area contributed by atoms with Crippen LogP contribution in [-0.4, -0.2) is 47.8 Å². The van der Waals surface area contributed by atoms with Crippen LogP contribution in [0.3, 0.4) is 0 Å². The van der Waals surface area contributed by atoms with Gasteiger partial charge in [0.1, 0.15) is 0 Å². The van der Waals surface area contributed by atoms with Crippen LogP contribution in [0.4, 0.5) is 0 Å². The number of carbonyl (C=O) groups excluding carboxylic acids is 2. The van der Waals surface area contributed by atoms with Crippen LogP contribution in [0.15, 0.2) is 24.3 Å². The maximum absolute atomic E-state index is 12.6. The second-order valence-electron chi connectivity index (χ2n) is 7.79. The Hall–Kier alpha value is -1.88. The Bertz CT molecular complexity index is 660. The van der Waals surface area contributed by atoms with Crippen molar-refractivity contribution in [3.05, 3.63) is 35.4 Å². The summed E-state index contributed by atoms with van der Waals surface area (Å²) in [6.07, 6.45) is 3.54. The fourth-order valence-corrected chi connectivity index (χ4v) is 4.65. The summed E-state index contributed by atoms with van der Waals surface area (Å²) in [6.45, 7) is 6.77. The van der Waals surface area contributed by atoms with Crippen molar-refractivity contribution in [2.75, 3.05) is 26.2 Å². The standard InChI is InChI=1S/C21H31N3O2/c1-15-8-5-6-9-18(15)21-19-14-23(20(26)10-4-3-7-11-22)12-17(19)13-24(21)16(2)25/h5-6,8-9,17,19,21H,3-4,7,10-14,22H2,1-2H3/t17-,19-,21-/m1/s1. The van der Waals surface area contributed by atoms with Crippen molar-refractivity contribution in [3.63, 3.8) is 0 Å². The molecule has 2 heterocycles. The van der Waals surface area contributed by atoms with Gasteiger partial charge in [0.05, 0.1) is 6.04 Å². The van der Waals surface area contributed by atoms with Gasteiger partial charge in [0.25, 0.3) is 0 Å². The molecule has 1 aromatic rings. The molecule has 2 fully saturated rings. The molecule has 2 aliphatic heterocycles. The summed E-state index contributed by atoms with van der Waals surface area (Å²) in [4.78, 5) is 28.8.